The molecule has 8 nitrogen and oxygen atoms in total. The van der Waals surface area contributed by atoms with Gasteiger partial charge in [0.05, 0.1) is 26.2 Å². The lowest BCUT2D eigenvalue weighted by atomic mass is 10.2. The molecular weight excluding hydrogens is 396 g/mol. The van der Waals surface area contributed by atoms with Crippen molar-refractivity contribution in [2.24, 2.45) is 0 Å². The summed E-state index contributed by atoms with van der Waals surface area (Å²) in [4.78, 5) is 24.4. The Morgan fingerprint density at radius 3 is 2.17 bits per heavy atom. The Labute approximate surface area is 172 Å². The Hall–Kier alpha value is -3.59. The number of methoxy groups -OCH3 is 2. The van der Waals surface area contributed by atoms with Crippen molar-refractivity contribution in [3.05, 3.63) is 66.6 Å². The lowest BCUT2D eigenvalue weighted by molar-refractivity contribution is 0.0701. The van der Waals surface area contributed by atoms with E-state index in [4.69, 9.17) is 18.6 Å². The van der Waals surface area contributed by atoms with Crippen LogP contribution >= 0.6 is 12.8 Å². The number of carbonyl (C=O) groups excluding carboxylic acids is 2. The largest absolute Gasteiger partial charge is 0.497 e. The molecule has 29 heavy (non-hydrogen) atoms. The van der Waals surface area contributed by atoms with E-state index in [-0.39, 0.29) is 5.76 Å². The molecule has 0 saturated heterocycles. The molecule has 2 amide bonds. The van der Waals surface area contributed by atoms with E-state index in [0.717, 1.165) is 4.31 Å². The first-order valence-electron chi connectivity index (χ1n) is 8.39. The fourth-order valence-electron chi connectivity index (χ4n) is 2.38. The average molecular weight is 414 g/mol. The third kappa shape index (κ3) is 5.02. The molecule has 1 heterocycles. The highest BCUT2D eigenvalue weighted by atomic mass is 32.1. The lowest BCUT2D eigenvalue weighted by Crippen LogP contribution is -2.26. The normalized spacial score (nSPS) is 10.2. The number of nitrogens with zero attached hydrogens (tertiary/aromatic N) is 1. The van der Waals surface area contributed by atoms with Crippen molar-refractivity contribution in [3.63, 3.8) is 0 Å². The van der Waals surface area contributed by atoms with Crippen molar-refractivity contribution in [2.75, 3.05) is 23.8 Å². The van der Waals surface area contributed by atoms with Crippen LogP contribution in [-0.2, 0) is 0 Å². The summed E-state index contributed by atoms with van der Waals surface area (Å²) in [5, 5.41) is 2.71. The number of hydrogen-bond acceptors (Lipinski definition) is 7. The molecule has 0 bridgehead atoms. The van der Waals surface area contributed by atoms with Crippen LogP contribution in [0.3, 0.4) is 0 Å². The molecule has 150 valence electrons. The Bertz CT molecular complexity index is 966. The fourth-order valence-corrected chi connectivity index (χ4v) is 2.56. The van der Waals surface area contributed by atoms with Crippen LogP contribution in [0.15, 0.2) is 65.3 Å². The number of benzene rings is 2. The van der Waals surface area contributed by atoms with Crippen molar-refractivity contribution in [3.8, 4) is 17.2 Å². The second-order valence-corrected chi connectivity index (χ2v) is 6.10. The van der Waals surface area contributed by atoms with Gasteiger partial charge in [-0.3, -0.25) is 0 Å². The molecule has 1 N–H and O–H groups in total. The van der Waals surface area contributed by atoms with Crippen molar-refractivity contribution in [2.45, 2.75) is 0 Å². The van der Waals surface area contributed by atoms with Crippen LogP contribution in [0.25, 0.3) is 0 Å². The summed E-state index contributed by atoms with van der Waals surface area (Å²) in [6.07, 6.45) is 1.38. The minimum absolute atomic E-state index is 0.0954. The van der Waals surface area contributed by atoms with Crippen molar-refractivity contribution in [1.82, 2.24) is 0 Å². The molecule has 0 aliphatic rings. The third-order valence-corrected chi connectivity index (χ3v) is 4.22. The Morgan fingerprint density at radius 1 is 0.966 bits per heavy atom. The number of thiol groups is 1. The number of anilines is 2. The fraction of sp³-hybridized carbons (Fsp3) is 0.100. The van der Waals surface area contributed by atoms with Crippen molar-refractivity contribution >= 4 is 36.2 Å². The van der Waals surface area contributed by atoms with Gasteiger partial charge in [0.1, 0.15) is 17.2 Å². The van der Waals surface area contributed by atoms with E-state index in [0.29, 0.717) is 28.6 Å². The maximum atomic E-state index is 12.5. The van der Waals surface area contributed by atoms with Gasteiger partial charge in [0.25, 0.3) is 0 Å². The molecule has 0 saturated carbocycles. The van der Waals surface area contributed by atoms with Gasteiger partial charge in [0.15, 0.2) is 0 Å². The highest BCUT2D eigenvalue weighted by Crippen LogP contribution is 2.27. The van der Waals surface area contributed by atoms with Crippen LogP contribution < -0.4 is 23.8 Å². The predicted molar refractivity (Wildman–Crippen MR) is 110 cm³/mol. The first-order chi connectivity index (χ1) is 14.0. The van der Waals surface area contributed by atoms with Crippen LogP contribution in [0.2, 0.25) is 0 Å². The van der Waals surface area contributed by atoms with E-state index in [9.17, 15) is 9.59 Å². The highest BCUT2D eigenvalue weighted by Gasteiger charge is 2.15. The van der Waals surface area contributed by atoms with E-state index in [1.54, 1.807) is 48.5 Å². The SMILES string of the molecule is COc1cc(NC(=O)N(S)c2ccc(OC(=O)c3ccco3)cc2)cc(OC)c1. The zero-order valence-electron chi connectivity index (χ0n) is 15.6. The quantitative estimate of drug-likeness (QED) is 0.353. The zero-order chi connectivity index (χ0) is 20.8. The number of furan rings is 1. The van der Waals surface area contributed by atoms with E-state index in [2.05, 4.69) is 18.1 Å². The smallest absolute Gasteiger partial charge is 0.379 e. The number of rotatable bonds is 6. The molecule has 0 atom stereocenters. The average Bonchev–Trinajstić information content (AvgIpc) is 3.28. The van der Waals surface area contributed by atoms with E-state index >= 15 is 0 Å². The number of esters is 1. The van der Waals surface area contributed by atoms with Crippen LogP contribution in [-0.4, -0.2) is 26.2 Å². The van der Waals surface area contributed by atoms with Gasteiger partial charge in [-0.25, -0.2) is 13.9 Å². The molecular formula is C20H18N2O6S. The molecule has 0 spiro atoms. The predicted octanol–water partition coefficient (Wildman–Crippen LogP) is 4.40. The van der Waals surface area contributed by atoms with Gasteiger partial charge >= 0.3 is 12.0 Å². The second kappa shape index (κ2) is 9.07. The number of amides is 2. The molecule has 0 aliphatic heterocycles. The summed E-state index contributed by atoms with van der Waals surface area (Å²) in [6.45, 7) is 0. The van der Waals surface area contributed by atoms with Crippen molar-refractivity contribution < 1.29 is 28.2 Å². The van der Waals surface area contributed by atoms with Crippen LogP contribution in [0, 0.1) is 0 Å². The van der Waals surface area contributed by atoms with E-state index in [1.165, 1.54) is 26.5 Å². The molecule has 3 aromatic rings. The third-order valence-electron chi connectivity index (χ3n) is 3.81. The lowest BCUT2D eigenvalue weighted by Gasteiger charge is -2.17. The Morgan fingerprint density at radius 2 is 1.62 bits per heavy atom. The topological polar surface area (TPSA) is 90.2 Å². The van der Waals surface area contributed by atoms with Crippen LogP contribution in [0.5, 0.6) is 17.2 Å². The van der Waals surface area contributed by atoms with Crippen LogP contribution in [0.4, 0.5) is 16.2 Å². The van der Waals surface area contributed by atoms with Crippen LogP contribution in [0.1, 0.15) is 10.6 Å². The molecule has 3 rings (SSSR count). The molecule has 0 fully saturated rings. The van der Waals surface area contributed by atoms with Gasteiger partial charge in [-0.1, -0.05) is 12.8 Å². The number of hydrogen-bond donors (Lipinski definition) is 2. The number of nitrogens with one attached hydrogen (secondary N) is 1. The Balaban J connectivity index is 1.66. The first kappa shape index (κ1) is 20.2. The number of ether oxygens (including phenoxy) is 3. The maximum absolute atomic E-state index is 12.5. The molecule has 0 radical (unpaired) electrons. The summed E-state index contributed by atoms with van der Waals surface area (Å²) < 4.78 is 21.7. The van der Waals surface area contributed by atoms with E-state index < -0.39 is 12.0 Å². The summed E-state index contributed by atoms with van der Waals surface area (Å²) >= 11 is 4.23. The van der Waals surface area contributed by atoms with Gasteiger partial charge in [-0.05, 0) is 36.4 Å². The van der Waals surface area contributed by atoms with Gasteiger partial charge in [-0.15, -0.1) is 0 Å². The summed E-state index contributed by atoms with van der Waals surface area (Å²) in [5.41, 5.74) is 0.952. The zero-order valence-corrected chi connectivity index (χ0v) is 16.5. The van der Waals surface area contributed by atoms with Gasteiger partial charge in [-0.2, -0.15) is 0 Å². The summed E-state index contributed by atoms with van der Waals surface area (Å²) in [5.74, 6) is 0.851. The van der Waals surface area contributed by atoms with Crippen molar-refractivity contribution in [1.29, 1.82) is 0 Å². The number of urea groups is 1. The molecule has 2 aromatic carbocycles. The minimum atomic E-state index is -0.616. The summed E-state index contributed by atoms with van der Waals surface area (Å²) in [7, 11) is 3.04. The second-order valence-electron chi connectivity index (χ2n) is 5.70. The van der Waals surface area contributed by atoms with Gasteiger partial charge < -0.3 is 23.9 Å². The molecule has 1 aromatic heterocycles. The number of carbonyl (C=O) groups is 2. The van der Waals surface area contributed by atoms with E-state index in [1.807, 2.05) is 0 Å². The highest BCUT2D eigenvalue weighted by molar-refractivity contribution is 7.82. The van der Waals surface area contributed by atoms with Gasteiger partial charge in [0.2, 0.25) is 5.76 Å². The first-order valence-corrected chi connectivity index (χ1v) is 8.79. The monoisotopic (exact) mass is 414 g/mol. The maximum Gasteiger partial charge on any atom is 0.379 e. The molecule has 0 aliphatic carbocycles. The van der Waals surface area contributed by atoms with Gasteiger partial charge in [0, 0.05) is 23.9 Å². The standard InChI is InChI=1S/C20H18N2O6S/c1-25-16-10-13(11-17(12-16)26-2)21-20(24)22(29)14-5-7-15(8-6-14)28-19(23)18-4-3-9-27-18/h3-12,29H,1-2H3,(H,21,24). The minimum Gasteiger partial charge on any atom is -0.497 e. The Kier molecular flexibility index (Phi) is 6.30. The molecule has 9 heteroatoms. The molecule has 0 unspecified atom stereocenters. The summed E-state index contributed by atoms with van der Waals surface area (Å²) in [6, 6.07) is 13.9.